The van der Waals surface area contributed by atoms with E-state index in [1.54, 1.807) is 30.8 Å². The minimum Gasteiger partial charge on any atom is -0.476 e. The Morgan fingerprint density at radius 1 is 1.14 bits per heavy atom. The average molecular weight is 720 g/mol. The van der Waals surface area contributed by atoms with Crippen LogP contribution in [0.2, 0.25) is 0 Å². The van der Waals surface area contributed by atoms with Gasteiger partial charge in [0.05, 0.1) is 22.4 Å². The molecule has 1 aliphatic heterocycles. The standard InChI is InChI=1S/C36H49F8N5O/c1-10-11-29(50-18-24-15-23(37)17-48(24)8)47-33-25(22(7)49(9)27(20(4)5)13-12-19(2)3)16-26(35(39,40)41)30(32(33)38)34-31(36(42,43)44)21(6)14-28(45)46-34/h11,14,16,19-20,23-24,27H,10,12-13,15,17-18H2,1-9H3,(H2,45,46)/b25-22+,29-11-,47-33+. The van der Waals surface area contributed by atoms with Gasteiger partial charge >= 0.3 is 12.4 Å². The van der Waals surface area contributed by atoms with Crippen LogP contribution in [0.5, 0.6) is 0 Å². The van der Waals surface area contributed by atoms with Crippen LogP contribution in [-0.4, -0.2) is 72.2 Å². The number of pyridine rings is 1. The summed E-state index contributed by atoms with van der Waals surface area (Å²) in [7, 11) is 3.40. The number of rotatable bonds is 12. The monoisotopic (exact) mass is 719 g/mol. The lowest BCUT2D eigenvalue weighted by molar-refractivity contribution is -0.138. The molecule has 14 heteroatoms. The zero-order valence-corrected chi connectivity index (χ0v) is 30.2. The summed E-state index contributed by atoms with van der Waals surface area (Å²) in [4.78, 5) is 11.5. The molecule has 1 saturated heterocycles. The smallest absolute Gasteiger partial charge is 0.418 e. The number of hydrogen-bond donors (Lipinski definition) is 1. The number of aryl methyl sites for hydroxylation is 1. The van der Waals surface area contributed by atoms with Gasteiger partial charge in [0, 0.05) is 36.9 Å². The Bertz CT molecular complexity index is 1540. The maximum atomic E-state index is 17.1. The highest BCUT2D eigenvalue weighted by atomic mass is 19.4. The number of alkyl halides is 7. The summed E-state index contributed by atoms with van der Waals surface area (Å²) in [6.07, 6.45) is -7.51. The SMILES string of the molecule is CC/C=C(/N=C1/C(F)=C(c2nc(N)cc(C)c2C(F)(F)F)C(C(F)(F)F)=C/C1=C(/C)N(C)C(CCC(C)C)C(C)C)OCC1CC(F)CN1C. The molecule has 1 aliphatic carbocycles. The van der Waals surface area contributed by atoms with E-state index in [1.165, 1.54) is 13.0 Å². The summed E-state index contributed by atoms with van der Waals surface area (Å²) in [5.41, 5.74) is -1.41. The molecule has 1 aromatic heterocycles. The number of likely N-dealkylation sites (tertiary alicyclic amines) is 1. The maximum absolute atomic E-state index is 17.1. The number of ether oxygens (including phenoxy) is 1. The lowest BCUT2D eigenvalue weighted by atomic mass is 9.85. The van der Waals surface area contributed by atoms with Gasteiger partial charge in [-0.05, 0) is 82.2 Å². The third-order valence-electron chi connectivity index (χ3n) is 9.19. The Morgan fingerprint density at radius 3 is 2.28 bits per heavy atom. The lowest BCUT2D eigenvalue weighted by Crippen LogP contribution is -2.36. The molecule has 0 bridgehead atoms. The van der Waals surface area contributed by atoms with Crippen molar-refractivity contribution in [1.29, 1.82) is 0 Å². The van der Waals surface area contributed by atoms with Gasteiger partial charge in [-0.1, -0.05) is 34.6 Å². The molecule has 3 rings (SSSR count). The normalized spacial score (nSPS) is 22.2. The van der Waals surface area contributed by atoms with Crippen molar-refractivity contribution in [1.82, 2.24) is 14.8 Å². The molecule has 0 aromatic carbocycles. The minimum atomic E-state index is -5.31. The van der Waals surface area contributed by atoms with Crippen molar-refractivity contribution in [3.8, 4) is 0 Å². The van der Waals surface area contributed by atoms with Crippen LogP contribution in [0, 0.1) is 18.8 Å². The molecule has 3 unspecified atom stereocenters. The van der Waals surface area contributed by atoms with E-state index in [4.69, 9.17) is 10.5 Å². The second kappa shape index (κ2) is 16.3. The summed E-state index contributed by atoms with van der Waals surface area (Å²) in [6, 6.07) is 0.338. The minimum absolute atomic E-state index is 0.0377. The first-order chi connectivity index (χ1) is 23.1. The van der Waals surface area contributed by atoms with Crippen LogP contribution in [-0.2, 0) is 10.9 Å². The topological polar surface area (TPSA) is 67.0 Å². The second-order valence-electron chi connectivity index (χ2n) is 13.9. The molecule has 3 atom stereocenters. The number of aromatic nitrogens is 1. The van der Waals surface area contributed by atoms with Crippen LogP contribution in [0.4, 0.5) is 40.9 Å². The summed E-state index contributed by atoms with van der Waals surface area (Å²) in [5.74, 6) is -1.98. The van der Waals surface area contributed by atoms with E-state index in [0.29, 0.717) is 24.8 Å². The first kappa shape index (κ1) is 41.0. The maximum Gasteiger partial charge on any atom is 0.418 e. The van der Waals surface area contributed by atoms with Crippen molar-refractivity contribution in [3.63, 3.8) is 0 Å². The van der Waals surface area contributed by atoms with Crippen molar-refractivity contribution in [3.05, 3.63) is 63.6 Å². The second-order valence-corrected chi connectivity index (χ2v) is 13.9. The molecule has 0 saturated carbocycles. The fourth-order valence-corrected chi connectivity index (χ4v) is 6.44. The molecular formula is C36H49F8N5O. The summed E-state index contributed by atoms with van der Waals surface area (Å²) < 4.78 is 125. The molecule has 1 aromatic rings. The zero-order valence-electron chi connectivity index (χ0n) is 30.2. The van der Waals surface area contributed by atoms with E-state index in [-0.39, 0.29) is 54.7 Å². The van der Waals surface area contributed by atoms with Gasteiger partial charge in [-0.2, -0.15) is 26.3 Å². The number of anilines is 1. The third kappa shape index (κ3) is 9.67. The highest BCUT2D eigenvalue weighted by Gasteiger charge is 2.47. The third-order valence-corrected chi connectivity index (χ3v) is 9.19. The summed E-state index contributed by atoms with van der Waals surface area (Å²) in [5, 5.41) is 0. The van der Waals surface area contributed by atoms with E-state index in [1.807, 2.05) is 13.8 Å². The number of hydrogen-bond acceptors (Lipinski definition) is 6. The van der Waals surface area contributed by atoms with Gasteiger partial charge in [-0.25, -0.2) is 18.8 Å². The van der Waals surface area contributed by atoms with Gasteiger partial charge in [-0.15, -0.1) is 0 Å². The fraction of sp³-hybridized carbons (Fsp3) is 0.611. The number of allylic oxidation sites excluding steroid dienone is 7. The van der Waals surface area contributed by atoms with Crippen LogP contribution in [0.1, 0.15) is 84.0 Å². The number of nitrogens with two attached hydrogens (primary N) is 1. The number of nitrogens with zero attached hydrogens (tertiary/aromatic N) is 4. The molecule has 0 amide bonds. The van der Waals surface area contributed by atoms with Gasteiger partial charge in [0.2, 0.25) is 5.88 Å². The molecule has 2 heterocycles. The Labute approximate surface area is 289 Å². The molecule has 280 valence electrons. The first-order valence-electron chi connectivity index (χ1n) is 16.8. The van der Waals surface area contributed by atoms with Gasteiger partial charge in [0.15, 0.2) is 5.83 Å². The molecule has 2 aliphatic rings. The number of nitrogen functional groups attached to an aromatic ring is 1. The Kier molecular flexibility index (Phi) is 13.4. The van der Waals surface area contributed by atoms with E-state index in [0.717, 1.165) is 19.4 Å². The van der Waals surface area contributed by atoms with Crippen LogP contribution in [0.25, 0.3) is 5.57 Å². The number of aliphatic imine (C=N–C) groups is 1. The molecule has 1 fully saturated rings. The van der Waals surface area contributed by atoms with Crippen molar-refractivity contribution in [2.75, 3.05) is 33.0 Å². The first-order valence-corrected chi connectivity index (χ1v) is 16.8. The molecule has 2 N–H and O–H groups in total. The largest absolute Gasteiger partial charge is 0.476 e. The zero-order chi connectivity index (χ0) is 37.9. The molecule has 50 heavy (non-hydrogen) atoms. The van der Waals surface area contributed by atoms with Gasteiger partial charge in [0.25, 0.3) is 0 Å². The number of likely N-dealkylation sites (N-methyl/N-ethyl adjacent to an activating group) is 1. The average Bonchev–Trinajstić information content (AvgIpc) is 3.30. The van der Waals surface area contributed by atoms with E-state index in [2.05, 4.69) is 23.8 Å². The van der Waals surface area contributed by atoms with E-state index >= 15 is 4.39 Å². The lowest BCUT2D eigenvalue weighted by Gasteiger charge is -2.36. The van der Waals surface area contributed by atoms with Crippen LogP contribution < -0.4 is 5.73 Å². The van der Waals surface area contributed by atoms with E-state index < -0.39 is 63.8 Å². The van der Waals surface area contributed by atoms with Crippen LogP contribution in [0.15, 0.2) is 51.8 Å². The predicted octanol–water partition coefficient (Wildman–Crippen LogP) is 9.59. The van der Waals surface area contributed by atoms with E-state index in [9.17, 15) is 30.7 Å². The highest BCUT2D eigenvalue weighted by Crippen LogP contribution is 2.48. The quantitative estimate of drug-likeness (QED) is 0.172. The molecule has 6 nitrogen and oxygen atoms in total. The Morgan fingerprint density at radius 2 is 1.78 bits per heavy atom. The summed E-state index contributed by atoms with van der Waals surface area (Å²) >= 11 is 0. The molecule has 0 radical (unpaired) electrons. The van der Waals surface area contributed by atoms with Crippen molar-refractivity contribution >= 4 is 17.1 Å². The van der Waals surface area contributed by atoms with Crippen molar-refractivity contribution in [2.45, 2.75) is 105 Å². The van der Waals surface area contributed by atoms with Crippen LogP contribution in [0.3, 0.4) is 0 Å². The molecule has 0 spiro atoms. The van der Waals surface area contributed by atoms with Gasteiger partial charge in [0.1, 0.15) is 24.3 Å². The highest BCUT2D eigenvalue weighted by molar-refractivity contribution is 6.21. The van der Waals surface area contributed by atoms with Crippen LogP contribution >= 0.6 is 0 Å². The van der Waals surface area contributed by atoms with Gasteiger partial charge < -0.3 is 15.4 Å². The van der Waals surface area contributed by atoms with Crippen molar-refractivity contribution < 1.29 is 39.9 Å². The summed E-state index contributed by atoms with van der Waals surface area (Å²) in [6.45, 7) is 12.4. The Hall–Kier alpha value is -3.42. The molecular weight excluding hydrogens is 670 g/mol. The fourth-order valence-electron chi connectivity index (χ4n) is 6.44. The van der Waals surface area contributed by atoms with Gasteiger partial charge in [-0.3, -0.25) is 4.90 Å². The van der Waals surface area contributed by atoms with Crippen molar-refractivity contribution in [2.24, 2.45) is 16.8 Å². The number of halogens is 8. The predicted molar refractivity (Wildman–Crippen MR) is 181 cm³/mol. The Balaban J connectivity index is 2.41.